The minimum absolute atomic E-state index is 0.0756. The zero-order valence-electron chi connectivity index (χ0n) is 11.7. The van der Waals surface area contributed by atoms with Crippen molar-refractivity contribution in [3.63, 3.8) is 0 Å². The number of ether oxygens (including phenoxy) is 2. The molecule has 4 rings (SSSR count). The van der Waals surface area contributed by atoms with Gasteiger partial charge in [-0.15, -0.1) is 0 Å². The minimum atomic E-state index is -0.394. The van der Waals surface area contributed by atoms with Gasteiger partial charge in [0.05, 0.1) is 24.0 Å². The van der Waals surface area contributed by atoms with Crippen LogP contribution in [0.2, 0.25) is 0 Å². The van der Waals surface area contributed by atoms with Gasteiger partial charge >= 0.3 is 11.9 Å². The first-order valence-electron chi connectivity index (χ1n) is 7.41. The van der Waals surface area contributed by atoms with Crippen molar-refractivity contribution in [1.29, 1.82) is 0 Å². The quantitative estimate of drug-likeness (QED) is 0.733. The van der Waals surface area contributed by atoms with Crippen molar-refractivity contribution < 1.29 is 19.1 Å². The molecule has 4 heteroatoms. The summed E-state index contributed by atoms with van der Waals surface area (Å²) < 4.78 is 10.6. The molecular weight excluding hydrogens is 244 g/mol. The molecule has 0 saturated heterocycles. The number of hydrogen-bond donors (Lipinski definition) is 0. The standard InChI is InChI=1S/C15H22O4/c1-3-18-12(16)14-6-10-5-11(8-14)15(7-10,9-14)13(17)19-4-2/h10-11H,3-9H2,1-2H3. The molecule has 4 nitrogen and oxygen atoms in total. The van der Waals surface area contributed by atoms with Crippen molar-refractivity contribution in [2.75, 3.05) is 13.2 Å². The highest BCUT2D eigenvalue weighted by Gasteiger charge is 2.70. The molecule has 4 unspecified atom stereocenters. The van der Waals surface area contributed by atoms with Crippen LogP contribution in [0.25, 0.3) is 0 Å². The van der Waals surface area contributed by atoms with Gasteiger partial charge < -0.3 is 9.47 Å². The Morgan fingerprint density at radius 1 is 1.05 bits per heavy atom. The normalized spacial score (nSPS) is 42.4. The van der Waals surface area contributed by atoms with E-state index in [2.05, 4.69) is 0 Å². The summed E-state index contributed by atoms with van der Waals surface area (Å²) >= 11 is 0. The van der Waals surface area contributed by atoms with E-state index in [0.717, 1.165) is 25.7 Å². The molecule has 0 heterocycles. The summed E-state index contributed by atoms with van der Waals surface area (Å²) in [6.45, 7) is 4.52. The van der Waals surface area contributed by atoms with E-state index in [1.807, 2.05) is 13.8 Å². The third-order valence-corrected chi connectivity index (χ3v) is 5.41. The van der Waals surface area contributed by atoms with Crippen molar-refractivity contribution in [3.8, 4) is 0 Å². The van der Waals surface area contributed by atoms with Gasteiger partial charge in [0.2, 0.25) is 0 Å². The van der Waals surface area contributed by atoms with Gasteiger partial charge in [-0.2, -0.15) is 0 Å². The van der Waals surface area contributed by atoms with E-state index in [1.165, 1.54) is 0 Å². The van der Waals surface area contributed by atoms with Crippen LogP contribution in [0.1, 0.15) is 46.0 Å². The predicted octanol–water partition coefficient (Wildman–Crippen LogP) is 2.31. The summed E-state index contributed by atoms with van der Waals surface area (Å²) in [6, 6.07) is 0. The molecular formula is C15H22O4. The Balaban J connectivity index is 1.88. The van der Waals surface area contributed by atoms with E-state index < -0.39 is 5.41 Å². The Hall–Kier alpha value is -1.06. The van der Waals surface area contributed by atoms with E-state index in [0.29, 0.717) is 31.5 Å². The first kappa shape index (κ1) is 12.9. The fraction of sp³-hybridized carbons (Fsp3) is 0.867. The number of rotatable bonds is 4. The molecule has 0 aromatic carbocycles. The highest BCUT2D eigenvalue weighted by atomic mass is 16.5. The average Bonchev–Trinajstić information content (AvgIpc) is 2.75. The van der Waals surface area contributed by atoms with Crippen LogP contribution in [0.15, 0.2) is 0 Å². The van der Waals surface area contributed by atoms with E-state index in [4.69, 9.17) is 9.47 Å². The molecule has 4 aliphatic carbocycles. The molecule has 4 fully saturated rings. The van der Waals surface area contributed by atoms with Crippen molar-refractivity contribution >= 4 is 11.9 Å². The summed E-state index contributed by atoms with van der Waals surface area (Å²) in [4.78, 5) is 24.7. The van der Waals surface area contributed by atoms with Crippen LogP contribution in [0, 0.1) is 22.7 Å². The van der Waals surface area contributed by atoms with Crippen molar-refractivity contribution in [2.24, 2.45) is 22.7 Å². The summed E-state index contributed by atoms with van der Waals surface area (Å²) in [5.41, 5.74) is -0.777. The van der Waals surface area contributed by atoms with E-state index in [-0.39, 0.29) is 17.4 Å². The molecule has 0 aliphatic heterocycles. The molecule has 0 aromatic rings. The molecule has 4 saturated carbocycles. The molecule has 4 aliphatic rings. The Labute approximate surface area is 113 Å². The van der Waals surface area contributed by atoms with Gasteiger partial charge in [0.1, 0.15) is 0 Å². The van der Waals surface area contributed by atoms with Gasteiger partial charge in [-0.3, -0.25) is 9.59 Å². The van der Waals surface area contributed by atoms with Crippen LogP contribution in [0.4, 0.5) is 0 Å². The Morgan fingerprint density at radius 3 is 2.42 bits per heavy atom. The largest absolute Gasteiger partial charge is 0.466 e. The van der Waals surface area contributed by atoms with Crippen LogP contribution in [-0.4, -0.2) is 25.2 Å². The van der Waals surface area contributed by atoms with Gasteiger partial charge in [0.25, 0.3) is 0 Å². The van der Waals surface area contributed by atoms with Gasteiger partial charge in [-0.05, 0) is 57.8 Å². The maximum Gasteiger partial charge on any atom is 0.312 e. The summed E-state index contributed by atoms with van der Waals surface area (Å²) in [5, 5.41) is 0. The lowest BCUT2D eigenvalue weighted by Crippen LogP contribution is -2.41. The molecule has 0 aromatic heterocycles. The lowest BCUT2D eigenvalue weighted by Gasteiger charge is -2.37. The van der Waals surface area contributed by atoms with Crippen molar-refractivity contribution in [2.45, 2.75) is 46.0 Å². The maximum absolute atomic E-state index is 12.4. The second-order valence-electron chi connectivity index (χ2n) is 6.47. The van der Waals surface area contributed by atoms with Crippen molar-refractivity contribution in [3.05, 3.63) is 0 Å². The summed E-state index contributed by atoms with van der Waals surface area (Å²) in [5.74, 6) is 0.667. The average molecular weight is 266 g/mol. The monoisotopic (exact) mass is 266 g/mol. The van der Waals surface area contributed by atoms with Gasteiger partial charge in [0.15, 0.2) is 0 Å². The van der Waals surface area contributed by atoms with Crippen LogP contribution in [-0.2, 0) is 19.1 Å². The van der Waals surface area contributed by atoms with Crippen LogP contribution in [0.5, 0.6) is 0 Å². The Morgan fingerprint density at radius 2 is 1.74 bits per heavy atom. The number of carbonyl (C=O) groups is 2. The highest BCUT2D eigenvalue weighted by molar-refractivity contribution is 5.84. The zero-order chi connectivity index (χ0) is 13.7. The van der Waals surface area contributed by atoms with Gasteiger partial charge in [-0.25, -0.2) is 0 Å². The van der Waals surface area contributed by atoms with E-state index in [9.17, 15) is 9.59 Å². The third-order valence-electron chi connectivity index (χ3n) is 5.41. The first-order chi connectivity index (χ1) is 9.06. The first-order valence-corrected chi connectivity index (χ1v) is 7.41. The lowest BCUT2D eigenvalue weighted by molar-refractivity contribution is -0.163. The molecule has 106 valence electrons. The topological polar surface area (TPSA) is 52.6 Å². The molecule has 19 heavy (non-hydrogen) atoms. The molecule has 0 amide bonds. The predicted molar refractivity (Wildman–Crippen MR) is 68.2 cm³/mol. The molecule has 0 radical (unpaired) electrons. The zero-order valence-corrected chi connectivity index (χ0v) is 11.7. The number of esters is 2. The Kier molecular flexibility index (Phi) is 2.88. The fourth-order valence-corrected chi connectivity index (χ4v) is 5.02. The SMILES string of the molecule is CCOC(=O)C12CC3CC(C1)C(C(=O)OCC)(C3)C2. The smallest absolute Gasteiger partial charge is 0.312 e. The maximum atomic E-state index is 12.4. The second kappa shape index (κ2) is 4.22. The lowest BCUT2D eigenvalue weighted by atomic mass is 9.67. The molecule has 4 bridgehead atoms. The van der Waals surface area contributed by atoms with Crippen LogP contribution in [0.3, 0.4) is 0 Å². The van der Waals surface area contributed by atoms with E-state index >= 15 is 0 Å². The van der Waals surface area contributed by atoms with Crippen LogP contribution >= 0.6 is 0 Å². The summed E-state index contributed by atoms with van der Waals surface area (Å²) in [7, 11) is 0. The molecule has 0 N–H and O–H groups in total. The highest BCUT2D eigenvalue weighted by Crippen LogP contribution is 2.71. The van der Waals surface area contributed by atoms with Gasteiger partial charge in [-0.1, -0.05) is 0 Å². The number of hydrogen-bond acceptors (Lipinski definition) is 4. The molecule has 4 atom stereocenters. The van der Waals surface area contributed by atoms with Crippen LogP contribution < -0.4 is 0 Å². The fourth-order valence-electron chi connectivity index (χ4n) is 5.02. The van der Waals surface area contributed by atoms with Crippen molar-refractivity contribution in [1.82, 2.24) is 0 Å². The Bertz CT molecular complexity index is 416. The molecule has 0 spiro atoms. The second-order valence-corrected chi connectivity index (χ2v) is 6.47. The van der Waals surface area contributed by atoms with E-state index in [1.54, 1.807) is 0 Å². The van der Waals surface area contributed by atoms with Gasteiger partial charge in [0, 0.05) is 0 Å². The number of carbonyl (C=O) groups excluding carboxylic acids is 2. The summed E-state index contributed by atoms with van der Waals surface area (Å²) in [6.07, 6.45) is 4.38. The minimum Gasteiger partial charge on any atom is -0.466 e. The third kappa shape index (κ3) is 1.65.